The molecule has 0 bridgehead atoms. The van der Waals surface area contributed by atoms with Crippen LogP contribution in [0.5, 0.6) is 0 Å². The molecule has 0 aromatic heterocycles. The van der Waals surface area contributed by atoms with Crippen LogP contribution in [-0.4, -0.2) is 147 Å². The van der Waals surface area contributed by atoms with Gasteiger partial charge in [-0.05, 0) is 117 Å². The molecule has 652 valence electrons. The van der Waals surface area contributed by atoms with Crippen molar-refractivity contribution in [2.24, 2.45) is 23.7 Å². The van der Waals surface area contributed by atoms with Gasteiger partial charge in [0, 0.05) is 141 Å². The molecule has 4 aliphatic carbocycles. The molecule has 0 spiro atoms. The molecular weight excluding hydrogens is 1630 g/mol. The van der Waals surface area contributed by atoms with Crippen LogP contribution in [0.3, 0.4) is 0 Å². The number of Topliss-reactive ketones (excluding diaryl/α,β-unsaturated/α-hetero) is 6. The van der Waals surface area contributed by atoms with E-state index in [9.17, 15) is 98.2 Å². The predicted octanol–water partition coefficient (Wildman–Crippen LogP) is 20.2. The quantitative estimate of drug-likeness (QED) is 0.0215. The third kappa shape index (κ3) is 31.0. The molecule has 0 N–H and O–H groups in total. The molecule has 30 nitrogen and oxygen atoms in total. The number of nitrogens with zero attached hydrogens (tertiary/aromatic N) is 6. The number of benzene rings is 6. The van der Waals surface area contributed by atoms with Crippen LogP contribution < -0.4 is 0 Å². The van der Waals surface area contributed by atoms with Gasteiger partial charge in [0.05, 0.1) is 44.6 Å². The summed E-state index contributed by atoms with van der Waals surface area (Å²) in [5, 5.41) is 66.7. The molecule has 35 heteroatoms. The molecule has 0 unspecified atom stereocenters. The summed E-state index contributed by atoms with van der Waals surface area (Å²) in [6.45, 7) is 4.31. The zero-order chi connectivity index (χ0) is 89.0. The number of methoxy groups -OCH3 is 6. The molecule has 10 rings (SSSR count). The zero-order valence-electron chi connectivity index (χ0n) is 68.8. The third-order valence-electron chi connectivity index (χ3n) is 21.1. The minimum atomic E-state index is -1.08. The number of hydrogen-bond donors (Lipinski definition) is 0. The number of nitro benzene ring substituents is 6. The standard InChI is InChI=1S/2C17H23NO4.2C16H20ClNO4.C10H10FNO4.C9H7ClFNO4/c2*1-12-8-14(9-13-6-4-3-5-7-13)16(18(20)21)10-15(12)17(19)11-22-2;2*1-22-10-16(19)13-9-15(18(20)21)12(8-14(13)17)7-11-5-3-2-4-6-11;1-6-3-8(11)9(12(14)15)4-7(6)10(13)5-16-2;1-16-4-9(13)5-2-8(12(14)15)7(11)3-6(5)10/h2*8,10,13H,3-7,9,11H2,1-2H3;2*8-9,11H,2-7,10H2,1H3;3-4H,5H2,1-2H3;2-3H,4H2,1H3. The van der Waals surface area contributed by atoms with Gasteiger partial charge in [-0.15, -0.1) is 0 Å². The zero-order valence-corrected chi connectivity index (χ0v) is 71.1. The lowest BCUT2D eigenvalue weighted by Gasteiger charge is -2.21. The maximum atomic E-state index is 13.1. The van der Waals surface area contributed by atoms with E-state index < -0.39 is 54.3 Å². The van der Waals surface area contributed by atoms with Gasteiger partial charge in [-0.2, -0.15) is 8.78 Å². The fraction of sp³-hybridized carbons (Fsp3) is 0.506. The van der Waals surface area contributed by atoms with Crippen molar-refractivity contribution in [1.29, 1.82) is 0 Å². The summed E-state index contributed by atoms with van der Waals surface area (Å²) in [4.78, 5) is 134. The summed E-state index contributed by atoms with van der Waals surface area (Å²) in [7, 11) is 8.32. The molecule has 0 amide bonds. The molecule has 0 saturated heterocycles. The van der Waals surface area contributed by atoms with E-state index >= 15 is 0 Å². The van der Waals surface area contributed by atoms with Crippen LogP contribution in [0, 0.1) is 117 Å². The minimum Gasteiger partial charge on any atom is -0.377 e. The summed E-state index contributed by atoms with van der Waals surface area (Å²) in [5.74, 6) is -2.15. The molecule has 6 aromatic carbocycles. The third-order valence-corrected chi connectivity index (χ3v) is 22.0. The van der Waals surface area contributed by atoms with Crippen molar-refractivity contribution < 1.29 is 95.5 Å². The van der Waals surface area contributed by atoms with Crippen LogP contribution in [0.2, 0.25) is 15.1 Å². The number of nitro groups is 6. The summed E-state index contributed by atoms with van der Waals surface area (Å²) in [5.41, 5.74) is 4.35. The molecule has 0 radical (unpaired) electrons. The number of aryl methyl sites for hydroxylation is 3. The van der Waals surface area contributed by atoms with Crippen LogP contribution in [0.1, 0.15) is 230 Å². The van der Waals surface area contributed by atoms with Gasteiger partial charge in [-0.3, -0.25) is 89.5 Å². The van der Waals surface area contributed by atoms with Crippen LogP contribution in [0.25, 0.3) is 0 Å². The molecule has 4 fully saturated rings. The first kappa shape index (κ1) is 101. The van der Waals surface area contributed by atoms with E-state index in [1.54, 1.807) is 12.1 Å². The van der Waals surface area contributed by atoms with Gasteiger partial charge < -0.3 is 28.4 Å². The van der Waals surface area contributed by atoms with Gasteiger partial charge in [-0.25, -0.2) is 0 Å². The van der Waals surface area contributed by atoms with Gasteiger partial charge >= 0.3 is 11.4 Å². The van der Waals surface area contributed by atoms with E-state index in [2.05, 4.69) is 9.47 Å². The van der Waals surface area contributed by atoms with Gasteiger partial charge in [0.25, 0.3) is 22.7 Å². The maximum Gasteiger partial charge on any atom is 0.305 e. The van der Waals surface area contributed by atoms with Crippen LogP contribution in [0.15, 0.2) is 72.8 Å². The molecule has 4 aliphatic rings. The summed E-state index contributed by atoms with van der Waals surface area (Å²) < 4.78 is 54.7. The molecular formula is C85H103Cl3F2N6O24. The fourth-order valence-electron chi connectivity index (χ4n) is 15.1. The Balaban J connectivity index is 0.000000258. The minimum absolute atomic E-state index is 0.0190. The largest absolute Gasteiger partial charge is 0.377 e. The molecule has 120 heavy (non-hydrogen) atoms. The molecule has 0 aliphatic heterocycles. The van der Waals surface area contributed by atoms with Crippen molar-refractivity contribution in [2.45, 2.75) is 175 Å². The topological polar surface area (TPSA) is 417 Å². The highest BCUT2D eigenvalue weighted by molar-refractivity contribution is 6.35. The lowest BCUT2D eigenvalue weighted by Crippen LogP contribution is -2.13. The van der Waals surface area contributed by atoms with Gasteiger partial charge in [-0.1, -0.05) is 163 Å². The van der Waals surface area contributed by atoms with E-state index in [4.69, 9.17) is 53.8 Å². The normalized spacial score (nSPS) is 14.2. The average Bonchev–Trinajstić information content (AvgIpc) is 0.756. The first-order valence-electron chi connectivity index (χ1n) is 39.2. The molecule has 4 saturated carbocycles. The molecule has 0 atom stereocenters. The first-order valence-corrected chi connectivity index (χ1v) is 40.4. The van der Waals surface area contributed by atoms with E-state index in [1.807, 2.05) is 26.0 Å². The molecule has 6 aromatic rings. The van der Waals surface area contributed by atoms with Crippen LogP contribution >= 0.6 is 34.8 Å². The first-order chi connectivity index (χ1) is 57.0. The van der Waals surface area contributed by atoms with E-state index in [1.165, 1.54) is 151 Å². The van der Waals surface area contributed by atoms with E-state index in [-0.39, 0.29) is 133 Å². The van der Waals surface area contributed by atoms with Crippen LogP contribution in [0.4, 0.5) is 42.9 Å². The average molecular weight is 1740 g/mol. The monoisotopic (exact) mass is 1730 g/mol. The summed E-state index contributed by atoms with van der Waals surface area (Å²) in [6, 6.07) is 15.7. The fourth-order valence-corrected chi connectivity index (χ4v) is 16.0. The number of hydrogen-bond acceptors (Lipinski definition) is 24. The number of halogens is 5. The Hall–Kier alpha value is -9.77. The van der Waals surface area contributed by atoms with Crippen molar-refractivity contribution >= 4 is 104 Å². The number of carbonyl (C=O) groups excluding carboxylic acids is 6. The second-order valence-electron chi connectivity index (χ2n) is 29.9. The van der Waals surface area contributed by atoms with Crippen molar-refractivity contribution in [2.75, 3.05) is 82.3 Å². The Morgan fingerprint density at radius 2 is 0.475 bits per heavy atom. The highest BCUT2D eigenvalue weighted by Gasteiger charge is 2.31. The summed E-state index contributed by atoms with van der Waals surface area (Å²) in [6.07, 6.45) is 26.3. The number of rotatable bonds is 32. The SMILES string of the molecule is COCC(=O)c1cc([N+](=O)[O-])c(CC2CCCCC2)cc1C.COCC(=O)c1cc([N+](=O)[O-])c(CC2CCCCC2)cc1C.COCC(=O)c1cc([N+](=O)[O-])c(CC2CCCCC2)cc1Cl.COCC(=O)c1cc([N+](=O)[O-])c(CC2CCCCC2)cc1Cl.COCC(=O)c1cc([N+](=O)[O-])c(F)cc1C.COCC(=O)c1cc([N+](=O)[O-])c(F)cc1Cl. The highest BCUT2D eigenvalue weighted by Crippen LogP contribution is 2.39. The van der Waals surface area contributed by atoms with Crippen molar-refractivity contribution in [3.63, 3.8) is 0 Å². The Labute approximate surface area is 708 Å². The van der Waals surface area contributed by atoms with Crippen LogP contribution in [-0.2, 0) is 54.1 Å². The second-order valence-corrected chi connectivity index (χ2v) is 31.1. The predicted molar refractivity (Wildman–Crippen MR) is 446 cm³/mol. The molecule has 0 heterocycles. The van der Waals surface area contributed by atoms with E-state index in [0.29, 0.717) is 64.3 Å². The Bertz CT molecular complexity index is 4150. The maximum absolute atomic E-state index is 13.1. The Morgan fingerprint density at radius 3 is 0.708 bits per heavy atom. The van der Waals surface area contributed by atoms with E-state index in [0.717, 1.165) is 111 Å². The lowest BCUT2D eigenvalue weighted by molar-refractivity contribution is -0.387. The lowest BCUT2D eigenvalue weighted by atomic mass is 9.84. The Morgan fingerprint density at radius 1 is 0.292 bits per heavy atom. The summed E-state index contributed by atoms with van der Waals surface area (Å²) >= 11 is 17.9. The van der Waals surface area contributed by atoms with Gasteiger partial charge in [0.1, 0.15) is 39.6 Å². The number of ether oxygens (including phenoxy) is 6. The number of carbonyl (C=O) groups is 6. The Kier molecular flexibility index (Phi) is 42.9. The van der Waals surface area contributed by atoms with Crippen molar-refractivity contribution in [3.8, 4) is 0 Å². The van der Waals surface area contributed by atoms with Gasteiger partial charge in [0.15, 0.2) is 34.7 Å². The highest BCUT2D eigenvalue weighted by atomic mass is 35.5. The number of ketones is 6. The second kappa shape index (κ2) is 51.1. The van der Waals surface area contributed by atoms with Gasteiger partial charge in [0.2, 0.25) is 11.6 Å². The van der Waals surface area contributed by atoms with Crippen molar-refractivity contribution in [1.82, 2.24) is 0 Å². The smallest absolute Gasteiger partial charge is 0.305 e. The van der Waals surface area contributed by atoms with Crippen molar-refractivity contribution in [3.05, 3.63) is 233 Å².